The predicted molar refractivity (Wildman–Crippen MR) is 104 cm³/mol. The molecule has 0 atom stereocenters. The number of aromatic amines is 1. The van der Waals surface area contributed by atoms with Crippen LogP contribution in [0.1, 0.15) is 5.69 Å². The highest BCUT2D eigenvalue weighted by Crippen LogP contribution is 2.37. The van der Waals surface area contributed by atoms with Crippen molar-refractivity contribution in [1.82, 2.24) is 19.9 Å². The van der Waals surface area contributed by atoms with Gasteiger partial charge in [0, 0.05) is 10.6 Å². The Kier molecular flexibility index (Phi) is 4.84. The summed E-state index contributed by atoms with van der Waals surface area (Å²) in [6.45, 7) is 0. The molecule has 0 aliphatic heterocycles. The number of imidazole rings is 1. The molecule has 0 spiro atoms. The number of H-pyrrole nitrogens is 1. The van der Waals surface area contributed by atoms with Crippen LogP contribution in [0.3, 0.4) is 0 Å². The van der Waals surface area contributed by atoms with Gasteiger partial charge in [0.2, 0.25) is 0 Å². The molecular formula is C19H11Cl2F3N4O. The van der Waals surface area contributed by atoms with Gasteiger partial charge in [-0.05, 0) is 30.3 Å². The highest BCUT2D eigenvalue weighted by Gasteiger charge is 2.37. The summed E-state index contributed by atoms with van der Waals surface area (Å²) in [5.74, 6) is 0.288. The molecule has 4 aromatic rings. The highest BCUT2D eigenvalue weighted by atomic mass is 35.5. The Morgan fingerprint density at radius 1 is 0.966 bits per heavy atom. The summed E-state index contributed by atoms with van der Waals surface area (Å²) in [4.78, 5) is 14.8. The summed E-state index contributed by atoms with van der Waals surface area (Å²) < 4.78 is 46.4. The molecule has 0 aliphatic carbocycles. The van der Waals surface area contributed by atoms with Gasteiger partial charge in [-0.2, -0.15) is 13.2 Å². The van der Waals surface area contributed by atoms with E-state index < -0.39 is 11.9 Å². The number of fused-ring (bicyclic) bond motifs is 1. The molecular weight excluding hydrogens is 428 g/mol. The van der Waals surface area contributed by atoms with Gasteiger partial charge in [-0.3, -0.25) is 0 Å². The second-order valence-corrected chi connectivity index (χ2v) is 6.85. The van der Waals surface area contributed by atoms with Crippen LogP contribution >= 0.6 is 23.2 Å². The number of methoxy groups -OCH3 is 1. The topological polar surface area (TPSA) is 63.7 Å². The minimum absolute atomic E-state index is 0.101. The van der Waals surface area contributed by atoms with E-state index in [-0.39, 0.29) is 27.8 Å². The number of nitrogens with one attached hydrogen (secondary N) is 1. The second kappa shape index (κ2) is 7.20. The lowest BCUT2D eigenvalue weighted by atomic mass is 10.2. The molecule has 2 aromatic heterocycles. The Hall–Kier alpha value is -2.84. The van der Waals surface area contributed by atoms with Gasteiger partial charge in [0.05, 0.1) is 17.7 Å². The molecule has 0 aliphatic rings. The fourth-order valence-electron chi connectivity index (χ4n) is 2.86. The Bertz CT molecular complexity index is 1220. The Morgan fingerprint density at radius 3 is 2.45 bits per heavy atom. The standard InChI is InChI=1S/C19H11Cl2F3N4O/c1-29-13-5-3-2-4-10(13)16-26-15(19(22,23)24)14-18(27-16)28-17(25-14)11-8-9(20)6-7-12(11)21/h2-8H,1H3,(H,25,26,27,28). The maximum atomic E-state index is 13.7. The van der Waals surface area contributed by atoms with Crippen LogP contribution in [0.2, 0.25) is 10.0 Å². The maximum Gasteiger partial charge on any atom is 0.435 e. The third-order valence-corrected chi connectivity index (χ3v) is 4.72. The monoisotopic (exact) mass is 438 g/mol. The van der Waals surface area contributed by atoms with E-state index in [0.29, 0.717) is 21.9 Å². The number of hydrogen-bond acceptors (Lipinski definition) is 4. The molecule has 0 saturated heterocycles. The Balaban J connectivity index is 1.99. The van der Waals surface area contributed by atoms with Crippen LogP contribution in [0, 0.1) is 0 Å². The van der Waals surface area contributed by atoms with Gasteiger partial charge in [-0.15, -0.1) is 0 Å². The van der Waals surface area contributed by atoms with E-state index in [1.54, 1.807) is 30.3 Å². The van der Waals surface area contributed by atoms with E-state index in [1.165, 1.54) is 19.2 Å². The van der Waals surface area contributed by atoms with E-state index in [0.717, 1.165) is 0 Å². The number of halogens is 5. The average Bonchev–Trinajstić information content (AvgIpc) is 3.12. The van der Waals surface area contributed by atoms with E-state index in [4.69, 9.17) is 27.9 Å². The summed E-state index contributed by atoms with van der Waals surface area (Å²) >= 11 is 12.1. The van der Waals surface area contributed by atoms with Gasteiger partial charge in [0.15, 0.2) is 17.2 Å². The molecule has 1 N–H and O–H groups in total. The van der Waals surface area contributed by atoms with E-state index >= 15 is 0 Å². The normalized spacial score (nSPS) is 11.8. The summed E-state index contributed by atoms with van der Waals surface area (Å²) in [5.41, 5.74) is -0.973. The molecule has 0 bridgehead atoms. The predicted octanol–water partition coefficient (Wildman–Crippen LogP) is 6.02. The highest BCUT2D eigenvalue weighted by molar-refractivity contribution is 6.35. The minimum Gasteiger partial charge on any atom is -0.496 e. The molecule has 0 saturated carbocycles. The summed E-state index contributed by atoms with van der Waals surface area (Å²) in [6, 6.07) is 11.1. The average molecular weight is 439 g/mol. The number of alkyl halides is 3. The van der Waals surface area contributed by atoms with Crippen LogP contribution in [0.4, 0.5) is 13.2 Å². The number of hydrogen-bond donors (Lipinski definition) is 1. The third kappa shape index (κ3) is 3.61. The molecule has 0 radical (unpaired) electrons. The van der Waals surface area contributed by atoms with Crippen molar-refractivity contribution < 1.29 is 17.9 Å². The van der Waals surface area contributed by atoms with Crippen LogP contribution in [0.15, 0.2) is 42.5 Å². The van der Waals surface area contributed by atoms with E-state index in [1.807, 2.05) is 0 Å². The van der Waals surface area contributed by atoms with Crippen LogP contribution in [0.5, 0.6) is 5.75 Å². The molecule has 4 rings (SSSR count). The number of para-hydroxylation sites is 1. The fourth-order valence-corrected chi connectivity index (χ4v) is 3.24. The van der Waals surface area contributed by atoms with E-state index in [2.05, 4.69) is 19.9 Å². The second-order valence-electron chi connectivity index (χ2n) is 6.00. The lowest BCUT2D eigenvalue weighted by Crippen LogP contribution is -2.11. The fraction of sp³-hybridized carbons (Fsp3) is 0.105. The van der Waals surface area contributed by atoms with Gasteiger partial charge in [0.25, 0.3) is 0 Å². The van der Waals surface area contributed by atoms with Crippen molar-refractivity contribution in [2.24, 2.45) is 0 Å². The lowest BCUT2D eigenvalue weighted by molar-refractivity contribution is -0.139. The van der Waals surface area contributed by atoms with Crippen molar-refractivity contribution in [1.29, 1.82) is 0 Å². The lowest BCUT2D eigenvalue weighted by Gasteiger charge is -2.10. The molecule has 29 heavy (non-hydrogen) atoms. The first-order chi connectivity index (χ1) is 13.8. The van der Waals surface area contributed by atoms with Crippen LogP contribution in [-0.4, -0.2) is 27.0 Å². The number of ether oxygens (including phenoxy) is 1. The van der Waals surface area contributed by atoms with Crippen LogP contribution in [0.25, 0.3) is 33.9 Å². The molecule has 10 heteroatoms. The first kappa shape index (κ1) is 19.5. The van der Waals surface area contributed by atoms with Gasteiger partial charge in [-0.25, -0.2) is 15.0 Å². The zero-order valence-electron chi connectivity index (χ0n) is 14.7. The molecule has 0 amide bonds. The molecule has 0 fully saturated rings. The Labute approximate surface area is 172 Å². The van der Waals surface area contributed by atoms with Crippen molar-refractivity contribution >= 4 is 34.4 Å². The summed E-state index contributed by atoms with van der Waals surface area (Å²) in [7, 11) is 1.41. The largest absolute Gasteiger partial charge is 0.496 e. The molecule has 0 unspecified atom stereocenters. The minimum atomic E-state index is -4.74. The SMILES string of the molecule is COc1ccccc1-c1nc(C(F)(F)F)c2[nH]c(-c3cc(Cl)ccc3Cl)nc2n1. The molecule has 2 heterocycles. The van der Waals surface area contributed by atoms with Crippen molar-refractivity contribution in [3.8, 4) is 28.5 Å². The van der Waals surface area contributed by atoms with Crippen LogP contribution < -0.4 is 4.74 Å². The van der Waals surface area contributed by atoms with Crippen molar-refractivity contribution in [3.63, 3.8) is 0 Å². The summed E-state index contributed by atoms with van der Waals surface area (Å²) in [6.07, 6.45) is -4.74. The van der Waals surface area contributed by atoms with Gasteiger partial charge < -0.3 is 9.72 Å². The zero-order chi connectivity index (χ0) is 20.8. The first-order valence-corrected chi connectivity index (χ1v) is 8.97. The number of rotatable bonds is 3. The number of nitrogens with zero attached hydrogens (tertiary/aromatic N) is 3. The molecule has 2 aromatic carbocycles. The number of aromatic nitrogens is 4. The zero-order valence-corrected chi connectivity index (χ0v) is 16.2. The van der Waals surface area contributed by atoms with Gasteiger partial charge >= 0.3 is 6.18 Å². The van der Waals surface area contributed by atoms with Gasteiger partial charge in [-0.1, -0.05) is 35.3 Å². The quantitative estimate of drug-likeness (QED) is 0.424. The first-order valence-electron chi connectivity index (χ1n) is 8.21. The molecule has 5 nitrogen and oxygen atoms in total. The molecule has 148 valence electrons. The third-order valence-electron chi connectivity index (χ3n) is 4.15. The number of benzene rings is 2. The van der Waals surface area contributed by atoms with Gasteiger partial charge in [0.1, 0.15) is 17.1 Å². The Morgan fingerprint density at radius 2 is 1.72 bits per heavy atom. The smallest absolute Gasteiger partial charge is 0.435 e. The van der Waals surface area contributed by atoms with Crippen molar-refractivity contribution in [2.75, 3.05) is 7.11 Å². The van der Waals surface area contributed by atoms with Crippen molar-refractivity contribution in [2.45, 2.75) is 6.18 Å². The van der Waals surface area contributed by atoms with E-state index in [9.17, 15) is 13.2 Å². The van der Waals surface area contributed by atoms with Crippen LogP contribution in [-0.2, 0) is 6.18 Å². The maximum absolute atomic E-state index is 13.7. The van der Waals surface area contributed by atoms with Crippen molar-refractivity contribution in [3.05, 3.63) is 58.2 Å². The summed E-state index contributed by atoms with van der Waals surface area (Å²) in [5, 5.41) is 0.640.